The summed E-state index contributed by atoms with van der Waals surface area (Å²) < 4.78 is 7.50. The number of nitrogens with two attached hydrogens (primary N) is 1. The van der Waals surface area contributed by atoms with Gasteiger partial charge < -0.3 is 25.3 Å². The van der Waals surface area contributed by atoms with Crippen LogP contribution >= 0.6 is 23.2 Å². The molecule has 1 aromatic carbocycles. The molecular formula is C25H39Cl2N5O3. The van der Waals surface area contributed by atoms with E-state index in [0.29, 0.717) is 57.1 Å². The van der Waals surface area contributed by atoms with E-state index in [1.807, 2.05) is 19.2 Å². The Hall–Kier alpha value is -2.03. The van der Waals surface area contributed by atoms with Gasteiger partial charge in [-0.3, -0.25) is 4.79 Å². The fourth-order valence-corrected chi connectivity index (χ4v) is 4.26. The van der Waals surface area contributed by atoms with Gasteiger partial charge in [0.2, 0.25) is 5.91 Å². The molecule has 35 heavy (non-hydrogen) atoms. The van der Waals surface area contributed by atoms with Crippen molar-refractivity contribution < 1.29 is 14.3 Å². The Labute approximate surface area is 218 Å². The number of hydrogen-bond acceptors (Lipinski definition) is 6. The summed E-state index contributed by atoms with van der Waals surface area (Å²) in [5, 5.41) is 2.82. The van der Waals surface area contributed by atoms with Crippen molar-refractivity contribution in [2.24, 2.45) is 12.8 Å². The molecule has 0 radical (unpaired) electrons. The van der Waals surface area contributed by atoms with Crippen LogP contribution in [-0.2, 0) is 27.8 Å². The number of fused-ring (bicyclic) bond motifs is 1. The summed E-state index contributed by atoms with van der Waals surface area (Å²) in [6, 6.07) is 5.46. The Morgan fingerprint density at radius 2 is 1.89 bits per heavy atom. The first-order chi connectivity index (χ1) is 16.6. The molecule has 1 heterocycles. The van der Waals surface area contributed by atoms with Crippen LogP contribution in [0.2, 0.25) is 0 Å². The van der Waals surface area contributed by atoms with E-state index in [-0.39, 0.29) is 12.3 Å². The highest BCUT2D eigenvalue weighted by Gasteiger charge is 2.26. The number of hydrogen-bond donors (Lipinski definition) is 2. The topological polar surface area (TPSA) is 102 Å². The number of carbonyl (C=O) groups excluding carboxylic acids is 2. The molecule has 10 heteroatoms. The maximum atomic E-state index is 12.6. The van der Waals surface area contributed by atoms with Crippen molar-refractivity contribution in [3.63, 3.8) is 0 Å². The van der Waals surface area contributed by atoms with E-state index >= 15 is 0 Å². The lowest BCUT2D eigenvalue weighted by Crippen LogP contribution is -2.44. The number of rotatable bonds is 14. The lowest BCUT2D eigenvalue weighted by molar-refractivity contribution is -0.158. The van der Waals surface area contributed by atoms with Crippen LogP contribution in [0.15, 0.2) is 18.2 Å². The summed E-state index contributed by atoms with van der Waals surface area (Å²) in [6.07, 6.45) is 2.61. The average Bonchev–Trinajstić information content (AvgIpc) is 3.10. The average molecular weight is 529 g/mol. The first-order valence-electron chi connectivity index (χ1n) is 12.1. The molecule has 0 spiro atoms. The van der Waals surface area contributed by atoms with E-state index in [1.54, 1.807) is 20.8 Å². The Kier molecular flexibility index (Phi) is 11.6. The number of halogens is 2. The van der Waals surface area contributed by atoms with Crippen LogP contribution in [0.4, 0.5) is 5.69 Å². The lowest BCUT2D eigenvalue weighted by atomic mass is 10.1. The van der Waals surface area contributed by atoms with E-state index in [0.717, 1.165) is 22.5 Å². The first-order valence-corrected chi connectivity index (χ1v) is 13.2. The number of nitrogens with zero attached hydrogens (tertiary/aromatic N) is 3. The third kappa shape index (κ3) is 9.17. The quantitative estimate of drug-likeness (QED) is 0.286. The highest BCUT2D eigenvalue weighted by Crippen LogP contribution is 2.23. The number of aromatic nitrogens is 2. The monoisotopic (exact) mass is 527 g/mol. The number of anilines is 1. The summed E-state index contributed by atoms with van der Waals surface area (Å²) in [5.74, 6) is 1.33. The molecular weight excluding hydrogens is 489 g/mol. The smallest absolute Gasteiger partial charge is 0.329 e. The highest BCUT2D eigenvalue weighted by atomic mass is 35.5. The summed E-state index contributed by atoms with van der Waals surface area (Å²) in [6.45, 7) is 7.28. The Bertz CT molecular complexity index is 968. The van der Waals surface area contributed by atoms with Crippen molar-refractivity contribution in [1.82, 2.24) is 14.9 Å². The third-order valence-electron chi connectivity index (χ3n) is 5.56. The maximum Gasteiger partial charge on any atom is 0.329 e. The van der Waals surface area contributed by atoms with E-state index < -0.39 is 17.6 Å². The molecule has 0 aliphatic heterocycles. The van der Waals surface area contributed by atoms with E-state index in [4.69, 9.17) is 38.7 Å². The van der Waals surface area contributed by atoms with Crippen LogP contribution in [0.25, 0.3) is 11.0 Å². The molecule has 0 bridgehead atoms. The van der Waals surface area contributed by atoms with Gasteiger partial charge in [0, 0.05) is 50.4 Å². The Morgan fingerprint density at radius 1 is 1.20 bits per heavy atom. The van der Waals surface area contributed by atoms with E-state index in [1.165, 1.54) is 0 Å². The predicted molar refractivity (Wildman–Crippen MR) is 143 cm³/mol. The number of imidazole rings is 1. The second-order valence-corrected chi connectivity index (χ2v) is 10.3. The molecule has 0 aliphatic rings. The van der Waals surface area contributed by atoms with E-state index in [9.17, 15) is 9.59 Å². The van der Waals surface area contributed by atoms with Gasteiger partial charge in [-0.1, -0.05) is 0 Å². The number of amides is 1. The lowest BCUT2D eigenvalue weighted by Gasteiger charge is -2.24. The molecule has 2 aromatic rings. The molecule has 1 aromatic heterocycles. The SMILES string of the molecule is Cn1c(CCCC(=O)N[C@@H](CCCN)C(=O)OC(C)(C)C)nc2cc(N(CCCl)CCCl)ccc21. The van der Waals surface area contributed by atoms with Gasteiger partial charge in [-0.2, -0.15) is 0 Å². The standard InChI is InChI=1S/C25H39Cl2N5O3/c1-25(2,3)35-24(34)19(7-6-14-28)30-23(33)9-5-8-22-29-20-17-18(10-11-21(20)31(22)4)32(15-12-26)16-13-27/h10-11,17,19H,5-9,12-16,28H2,1-4H3,(H,30,33)/t19-/m0/s1. The second kappa shape index (κ2) is 13.9. The molecule has 0 saturated heterocycles. The number of alkyl halides is 2. The van der Waals surface area contributed by atoms with Gasteiger partial charge in [0.05, 0.1) is 11.0 Å². The summed E-state index contributed by atoms with van der Waals surface area (Å²) >= 11 is 11.9. The summed E-state index contributed by atoms with van der Waals surface area (Å²) in [7, 11) is 1.98. The molecule has 3 N–H and O–H groups in total. The van der Waals surface area contributed by atoms with Crippen LogP contribution in [0.3, 0.4) is 0 Å². The van der Waals surface area contributed by atoms with Gasteiger partial charge in [-0.15, -0.1) is 23.2 Å². The van der Waals surface area contributed by atoms with Crippen molar-refractivity contribution >= 4 is 51.8 Å². The van der Waals surface area contributed by atoms with Crippen molar-refractivity contribution in [2.75, 3.05) is 36.3 Å². The number of benzene rings is 1. The second-order valence-electron chi connectivity index (χ2n) is 9.56. The molecule has 1 atom stereocenters. The minimum atomic E-state index is -0.691. The normalized spacial score (nSPS) is 12.5. The number of nitrogens with one attached hydrogen (secondary N) is 1. The zero-order valence-corrected chi connectivity index (χ0v) is 22.8. The van der Waals surface area contributed by atoms with Crippen molar-refractivity contribution in [3.8, 4) is 0 Å². The molecule has 0 aliphatic carbocycles. The number of aryl methyl sites for hydroxylation is 2. The first kappa shape index (κ1) is 29.2. The van der Waals surface area contributed by atoms with Gasteiger partial charge in [-0.25, -0.2) is 9.78 Å². The van der Waals surface area contributed by atoms with Crippen LogP contribution in [0, 0.1) is 0 Å². The molecule has 2 rings (SSSR count). The fraction of sp³-hybridized carbons (Fsp3) is 0.640. The number of carbonyl (C=O) groups is 2. The van der Waals surface area contributed by atoms with Crippen LogP contribution in [0.5, 0.6) is 0 Å². The van der Waals surface area contributed by atoms with Gasteiger partial charge in [0.25, 0.3) is 0 Å². The molecule has 0 unspecified atom stereocenters. The minimum absolute atomic E-state index is 0.184. The zero-order chi connectivity index (χ0) is 26.0. The summed E-state index contributed by atoms with van der Waals surface area (Å²) in [5.41, 5.74) is 7.93. The molecule has 0 saturated carbocycles. The fourth-order valence-electron chi connectivity index (χ4n) is 3.85. The third-order valence-corrected chi connectivity index (χ3v) is 5.90. The van der Waals surface area contributed by atoms with Crippen molar-refractivity contribution in [3.05, 3.63) is 24.0 Å². The van der Waals surface area contributed by atoms with Gasteiger partial charge in [0.1, 0.15) is 17.5 Å². The van der Waals surface area contributed by atoms with Crippen molar-refractivity contribution in [2.45, 2.75) is 64.5 Å². The van der Waals surface area contributed by atoms with E-state index in [2.05, 4.69) is 20.9 Å². The summed E-state index contributed by atoms with van der Waals surface area (Å²) in [4.78, 5) is 32.0. The minimum Gasteiger partial charge on any atom is -0.458 e. The van der Waals surface area contributed by atoms with Gasteiger partial charge in [0.15, 0.2) is 0 Å². The van der Waals surface area contributed by atoms with Gasteiger partial charge in [-0.05, 0) is 64.8 Å². The zero-order valence-electron chi connectivity index (χ0n) is 21.3. The van der Waals surface area contributed by atoms with Crippen LogP contribution in [-0.4, -0.2) is 64.5 Å². The number of ether oxygens (including phenoxy) is 1. The Balaban J connectivity index is 2.00. The molecule has 8 nitrogen and oxygen atoms in total. The highest BCUT2D eigenvalue weighted by molar-refractivity contribution is 6.18. The predicted octanol–water partition coefficient (Wildman–Crippen LogP) is 3.75. The van der Waals surface area contributed by atoms with Crippen LogP contribution in [0.1, 0.15) is 52.3 Å². The molecule has 1 amide bonds. The van der Waals surface area contributed by atoms with Crippen molar-refractivity contribution in [1.29, 1.82) is 0 Å². The Morgan fingerprint density at radius 3 is 2.49 bits per heavy atom. The number of esters is 1. The van der Waals surface area contributed by atoms with Crippen LogP contribution < -0.4 is 16.0 Å². The molecule has 196 valence electrons. The maximum absolute atomic E-state index is 12.6. The molecule has 0 fully saturated rings. The largest absolute Gasteiger partial charge is 0.458 e. The van der Waals surface area contributed by atoms with Gasteiger partial charge >= 0.3 is 5.97 Å².